The maximum atomic E-state index is 10.2. The highest BCUT2D eigenvalue weighted by Gasteiger charge is 2.18. The van der Waals surface area contributed by atoms with Crippen molar-refractivity contribution in [1.29, 1.82) is 0 Å². The van der Waals surface area contributed by atoms with Crippen LogP contribution < -0.4 is 0 Å². The molecule has 214 valence electrons. The molecule has 0 atom stereocenters. The van der Waals surface area contributed by atoms with Crippen LogP contribution in [-0.4, -0.2) is 9.13 Å². The molecule has 0 fully saturated rings. The monoisotopic (exact) mass is 610 g/mol. The zero-order valence-corrected chi connectivity index (χ0v) is 23.0. The lowest BCUT2D eigenvalue weighted by Crippen LogP contribution is -1.96. The number of rotatable bonds is 3. The average molecular weight is 611 g/mol. The minimum absolute atomic E-state index is 0.396. The molecule has 0 saturated carbocycles. The molecular formula is C44H28N2. The fraction of sp³-hybridized carbons (Fsp3) is 0. The molecule has 0 amide bonds. The van der Waals surface area contributed by atoms with Gasteiger partial charge < -0.3 is 9.13 Å². The van der Waals surface area contributed by atoms with Crippen molar-refractivity contribution >= 4 is 65.2 Å². The Balaban J connectivity index is 1.49. The Morgan fingerprint density at radius 2 is 0.891 bits per heavy atom. The van der Waals surface area contributed by atoms with E-state index in [0.29, 0.717) is 0 Å². The molecular weight excluding hydrogens is 556 g/mol. The molecule has 0 aliphatic rings. The third kappa shape index (κ3) is 3.71. The van der Waals surface area contributed by atoms with Crippen molar-refractivity contribution in [1.82, 2.24) is 9.13 Å². The van der Waals surface area contributed by atoms with Crippen molar-refractivity contribution in [2.75, 3.05) is 0 Å². The lowest BCUT2D eigenvalue weighted by molar-refractivity contribution is 1.17. The second-order valence-corrected chi connectivity index (χ2v) is 10.2. The molecule has 0 aliphatic carbocycles. The summed E-state index contributed by atoms with van der Waals surface area (Å²) in [4.78, 5) is 0. The van der Waals surface area contributed by atoms with E-state index in [1.165, 1.54) is 0 Å². The van der Waals surface area contributed by atoms with Crippen molar-refractivity contribution < 1.29 is 35.6 Å². The van der Waals surface area contributed by atoms with Crippen molar-refractivity contribution in [3.8, 4) is 22.5 Å². The van der Waals surface area contributed by atoms with Gasteiger partial charge in [0.25, 0.3) is 0 Å². The number of hydrogen-bond donors (Lipinski definition) is 0. The topological polar surface area (TPSA) is 9.86 Å². The van der Waals surface area contributed by atoms with Gasteiger partial charge in [-0.3, -0.25) is 0 Å². The van der Waals surface area contributed by atoms with Crippen molar-refractivity contribution in [2.45, 2.75) is 0 Å². The molecule has 2 heterocycles. The largest absolute Gasteiger partial charge is 0.309 e. The molecule has 0 aliphatic heterocycles. The Bertz CT molecular complexity index is 4290. The molecule has 10 rings (SSSR count). The molecule has 0 saturated heterocycles. The smallest absolute Gasteiger partial charge is 0.0668 e. The van der Waals surface area contributed by atoms with Crippen LogP contribution in [0.15, 0.2) is 169 Å². The van der Waals surface area contributed by atoms with Gasteiger partial charge in [0.05, 0.1) is 57.7 Å². The van der Waals surface area contributed by atoms with Gasteiger partial charge in [0.1, 0.15) is 0 Å². The van der Waals surface area contributed by atoms with E-state index in [2.05, 4.69) is 0 Å². The Kier molecular flexibility index (Phi) is 2.26. The molecule has 0 bridgehead atoms. The highest BCUT2D eigenvalue weighted by Crippen LogP contribution is 2.40. The summed E-state index contributed by atoms with van der Waals surface area (Å²) in [6.07, 6.45) is 0. The Hall–Kier alpha value is -6.12. The molecule has 0 N–H and O–H groups in total. The Morgan fingerprint density at radius 3 is 1.57 bits per heavy atom. The highest BCUT2D eigenvalue weighted by molar-refractivity contribution is 6.19. The van der Waals surface area contributed by atoms with E-state index in [1.54, 1.807) is 0 Å². The zero-order chi connectivity index (χ0) is 52.8. The van der Waals surface area contributed by atoms with Gasteiger partial charge in [0, 0.05) is 32.9 Å². The molecule has 2 heteroatoms. The fourth-order valence-corrected chi connectivity index (χ4v) is 5.63. The molecule has 46 heavy (non-hydrogen) atoms. The van der Waals surface area contributed by atoms with Gasteiger partial charge in [-0.15, -0.1) is 0 Å². The molecule has 0 spiro atoms. The van der Waals surface area contributed by atoms with Crippen LogP contribution in [0.1, 0.15) is 35.6 Å². The molecule has 8 aromatic carbocycles. The Labute approximate surface area is 302 Å². The number of fused-ring (bicyclic) bond motifs is 8. The first-order valence-electron chi connectivity index (χ1n) is 26.8. The molecule has 2 aromatic heterocycles. The van der Waals surface area contributed by atoms with Crippen molar-refractivity contribution in [3.63, 3.8) is 0 Å². The summed E-state index contributed by atoms with van der Waals surface area (Å²) < 4.78 is 235. The minimum atomic E-state index is -0.920. The number of nitrogens with zero attached hydrogens (tertiary/aromatic N) is 2. The normalized spacial score (nSPS) is 19.8. The summed E-state index contributed by atoms with van der Waals surface area (Å²) in [7, 11) is 0. The summed E-state index contributed by atoms with van der Waals surface area (Å²) in [5.41, 5.74) is -4.55. The summed E-state index contributed by atoms with van der Waals surface area (Å²) in [5, 5.41) is -3.99. The molecule has 0 radical (unpaired) electrons. The first kappa shape index (κ1) is 10.8. The standard InChI is InChI=1S/C44H28N2/c1-3-12-31-24-34(21-20-29(31)10-1)33-14-9-15-35(26-33)45-41-18-7-5-16-37(41)39-27-40-38-17-6-8-19-42(38)46(44(40)28-43(39)45)36-23-22-30-11-2-4-13-32(30)25-36/h1-28H/i1D,2D,3D,4D,5D,6D,7D,8D,10D,11D,12D,13D,15D,16D,17D,18D,19D,20D,21D,22D,23D,24D,25D,26D,27D,28D. The van der Waals surface area contributed by atoms with Crippen LogP contribution in [0, 0.1) is 0 Å². The lowest BCUT2D eigenvalue weighted by atomic mass is 10.0. The van der Waals surface area contributed by atoms with Gasteiger partial charge in [-0.1, -0.05) is 115 Å². The van der Waals surface area contributed by atoms with Gasteiger partial charge in [0.2, 0.25) is 0 Å². The molecule has 2 nitrogen and oxygen atoms in total. The third-order valence-corrected chi connectivity index (χ3v) is 7.62. The van der Waals surface area contributed by atoms with Gasteiger partial charge in [-0.05, 0) is 87.1 Å². The van der Waals surface area contributed by atoms with Crippen LogP contribution in [0.2, 0.25) is 0 Å². The summed E-state index contributed by atoms with van der Waals surface area (Å²) in [6.45, 7) is 0. The van der Waals surface area contributed by atoms with Crippen LogP contribution >= 0.6 is 0 Å². The van der Waals surface area contributed by atoms with Crippen LogP contribution in [0.4, 0.5) is 0 Å². The molecule has 10 aromatic rings. The quantitative estimate of drug-likeness (QED) is 0.188. The van der Waals surface area contributed by atoms with E-state index in [-0.39, 0.29) is 0 Å². The first-order valence-corrected chi connectivity index (χ1v) is 13.8. The van der Waals surface area contributed by atoms with Crippen molar-refractivity contribution in [3.05, 3.63) is 169 Å². The van der Waals surface area contributed by atoms with Crippen LogP contribution in [0.3, 0.4) is 0 Å². The van der Waals surface area contributed by atoms with Gasteiger partial charge in [0.15, 0.2) is 0 Å². The second kappa shape index (κ2) is 9.69. The van der Waals surface area contributed by atoms with Crippen molar-refractivity contribution in [2.24, 2.45) is 0 Å². The van der Waals surface area contributed by atoms with Gasteiger partial charge in [-0.2, -0.15) is 0 Å². The lowest BCUT2D eigenvalue weighted by Gasteiger charge is -2.12. The SMILES string of the molecule is [2H]c1ccc(-c2c([2H])c([2H])c3c([2H])c([2H])c([2H])c([2H])c3c2[2H])c([2H])c1-n1c2c([2H])c([2H])c([2H])c([2H])c2c2c([2H])c3c4c([2H])c([2H])c([2H])c([2H])c4n(-c4c([2H])c([2H])c5c([2H])c([2H])c([2H])c([2H])c5c4[2H])c3c([2H])c21. The second-order valence-electron chi connectivity index (χ2n) is 10.2. The average Bonchev–Trinajstić information content (AvgIpc) is 3.89. The van der Waals surface area contributed by atoms with E-state index in [0.717, 1.165) is 21.3 Å². The summed E-state index contributed by atoms with van der Waals surface area (Å²) >= 11 is 0. The van der Waals surface area contributed by atoms with E-state index in [4.69, 9.17) is 21.9 Å². The maximum absolute atomic E-state index is 10.2. The Morgan fingerprint density at radius 1 is 0.348 bits per heavy atom. The van der Waals surface area contributed by atoms with Gasteiger partial charge >= 0.3 is 0 Å². The van der Waals surface area contributed by atoms with Crippen LogP contribution in [0.5, 0.6) is 0 Å². The minimum Gasteiger partial charge on any atom is -0.309 e. The van der Waals surface area contributed by atoms with Gasteiger partial charge in [-0.25, -0.2) is 0 Å². The first-order chi connectivity index (χ1) is 33.7. The summed E-state index contributed by atoms with van der Waals surface area (Å²) in [6, 6.07) is -18.5. The fourth-order valence-electron chi connectivity index (χ4n) is 5.63. The highest BCUT2D eigenvalue weighted by atomic mass is 15.0. The number of aromatic nitrogens is 2. The van der Waals surface area contributed by atoms with Crippen LogP contribution in [0.25, 0.3) is 87.7 Å². The van der Waals surface area contributed by atoms with E-state index in [9.17, 15) is 13.7 Å². The van der Waals surface area contributed by atoms with E-state index >= 15 is 0 Å². The van der Waals surface area contributed by atoms with E-state index in [1.807, 2.05) is 0 Å². The zero-order valence-electron chi connectivity index (χ0n) is 49.0. The predicted octanol–water partition coefficient (Wildman–Crippen LogP) is 11.9. The third-order valence-electron chi connectivity index (χ3n) is 7.62. The predicted molar refractivity (Wildman–Crippen MR) is 196 cm³/mol. The van der Waals surface area contributed by atoms with Crippen LogP contribution in [-0.2, 0) is 0 Å². The number of para-hydroxylation sites is 2. The maximum Gasteiger partial charge on any atom is 0.0668 e. The number of benzene rings is 8. The molecule has 0 unspecified atom stereocenters. The van der Waals surface area contributed by atoms with E-state index < -0.39 is 245 Å². The number of hydrogen-bond acceptors (Lipinski definition) is 0. The summed E-state index contributed by atoms with van der Waals surface area (Å²) in [5.74, 6) is 0.